The number of halogens is 1. The number of anilines is 1. The Kier molecular flexibility index (Phi) is 6.77. The third-order valence-electron chi connectivity index (χ3n) is 6.74. The van der Waals surface area contributed by atoms with E-state index in [9.17, 15) is 9.59 Å². The number of imide groups is 1. The number of nitrogens with one attached hydrogen (secondary N) is 1. The lowest BCUT2D eigenvalue weighted by atomic mass is 10.0. The third kappa shape index (κ3) is 4.73. The van der Waals surface area contributed by atoms with E-state index in [1.807, 2.05) is 30.3 Å². The largest absolute Gasteiger partial charge is 0.366 e. The van der Waals surface area contributed by atoms with Gasteiger partial charge in [0, 0.05) is 36.1 Å². The first-order chi connectivity index (χ1) is 17.3. The molecule has 0 bridgehead atoms. The number of hydrogen-bond acceptors (Lipinski definition) is 7. The fourth-order valence-corrected chi connectivity index (χ4v) is 5.81. The van der Waals surface area contributed by atoms with Gasteiger partial charge in [-0.15, -0.1) is 0 Å². The quantitative estimate of drug-likeness (QED) is 0.485. The van der Waals surface area contributed by atoms with Crippen molar-refractivity contribution >= 4 is 45.6 Å². The van der Waals surface area contributed by atoms with Crippen LogP contribution >= 0.6 is 11.8 Å². The van der Waals surface area contributed by atoms with Crippen LogP contribution in [-0.4, -0.2) is 57.7 Å². The number of hydrogen-bond donors (Lipinski definition) is 1. The van der Waals surface area contributed by atoms with Crippen molar-refractivity contribution < 1.29 is 14.0 Å². The normalized spacial score (nSPS) is 22.0. The average Bonchev–Trinajstić information content (AvgIpc) is 3.17. The zero-order valence-electron chi connectivity index (χ0n) is 20.5. The average molecular weight is 506 g/mol. The summed E-state index contributed by atoms with van der Waals surface area (Å²) in [5.74, 6) is -0.690. The smallest absolute Gasteiger partial charge is 0.290 e. The Labute approximate surface area is 213 Å². The van der Waals surface area contributed by atoms with Crippen molar-refractivity contribution in [1.29, 1.82) is 0 Å². The molecule has 3 heterocycles. The van der Waals surface area contributed by atoms with Gasteiger partial charge in [-0.1, -0.05) is 19.1 Å². The van der Waals surface area contributed by atoms with Crippen LogP contribution in [0.4, 0.5) is 14.9 Å². The first-order valence-corrected chi connectivity index (χ1v) is 13.0. The molecule has 7 nitrogen and oxygen atoms in total. The maximum atomic E-state index is 15.5. The van der Waals surface area contributed by atoms with Gasteiger partial charge in [-0.25, -0.2) is 14.4 Å². The molecule has 2 amide bonds. The van der Waals surface area contributed by atoms with Crippen LogP contribution in [-0.2, 0) is 4.79 Å². The minimum absolute atomic E-state index is 0.279. The van der Waals surface area contributed by atoms with E-state index >= 15 is 4.39 Å². The molecule has 0 aliphatic carbocycles. The molecular formula is C27H28FN5O2S. The van der Waals surface area contributed by atoms with Crippen LogP contribution < -0.4 is 10.2 Å². The topological polar surface area (TPSA) is 78.4 Å². The van der Waals surface area contributed by atoms with E-state index in [-0.39, 0.29) is 11.1 Å². The molecule has 0 saturated carbocycles. The SMILES string of the molecule is CCCN1[C@H](C)CN(c2ccc(-c3ncnc4ccc(C=C5SC(=O)NC5=O)cc34)cc2F)C[C@@H]1C. The van der Waals surface area contributed by atoms with Crippen molar-refractivity contribution in [2.24, 2.45) is 0 Å². The van der Waals surface area contributed by atoms with Gasteiger partial charge in [0.1, 0.15) is 12.1 Å². The molecule has 1 N–H and O–H groups in total. The van der Waals surface area contributed by atoms with Crippen molar-refractivity contribution in [2.45, 2.75) is 39.3 Å². The van der Waals surface area contributed by atoms with Crippen molar-refractivity contribution in [3.8, 4) is 11.3 Å². The Bertz CT molecular complexity index is 1370. The van der Waals surface area contributed by atoms with Gasteiger partial charge >= 0.3 is 0 Å². The highest BCUT2D eigenvalue weighted by atomic mass is 32.2. The number of fused-ring (bicyclic) bond motifs is 1. The van der Waals surface area contributed by atoms with Gasteiger partial charge < -0.3 is 4.90 Å². The van der Waals surface area contributed by atoms with Gasteiger partial charge in [0.15, 0.2) is 0 Å². The first-order valence-electron chi connectivity index (χ1n) is 12.1. The summed E-state index contributed by atoms with van der Waals surface area (Å²) in [4.78, 5) is 37.2. The van der Waals surface area contributed by atoms with E-state index in [0.717, 1.165) is 48.8 Å². The highest BCUT2D eigenvalue weighted by Gasteiger charge is 2.30. The zero-order valence-corrected chi connectivity index (χ0v) is 21.3. The summed E-state index contributed by atoms with van der Waals surface area (Å²) in [5, 5.41) is 2.61. The van der Waals surface area contributed by atoms with E-state index in [1.165, 1.54) is 12.4 Å². The predicted octanol–water partition coefficient (Wildman–Crippen LogP) is 5.07. The Morgan fingerprint density at radius 3 is 2.56 bits per heavy atom. The number of piperazine rings is 1. The maximum absolute atomic E-state index is 15.5. The Hall–Kier alpha value is -3.30. The van der Waals surface area contributed by atoms with Crippen LogP contribution in [0.5, 0.6) is 0 Å². The molecule has 1 aromatic heterocycles. The van der Waals surface area contributed by atoms with Crippen LogP contribution in [0.25, 0.3) is 28.2 Å². The lowest BCUT2D eigenvalue weighted by Gasteiger charge is -2.45. The van der Waals surface area contributed by atoms with E-state index in [0.29, 0.717) is 39.5 Å². The van der Waals surface area contributed by atoms with Crippen LogP contribution in [0.15, 0.2) is 47.6 Å². The summed E-state index contributed by atoms with van der Waals surface area (Å²) < 4.78 is 15.5. The van der Waals surface area contributed by atoms with E-state index < -0.39 is 5.91 Å². The van der Waals surface area contributed by atoms with Gasteiger partial charge in [0.05, 0.1) is 21.8 Å². The molecule has 9 heteroatoms. The maximum Gasteiger partial charge on any atom is 0.290 e. The number of rotatable bonds is 5. The van der Waals surface area contributed by atoms with Crippen molar-refractivity contribution in [3.05, 3.63) is 59.0 Å². The number of thioether (sulfide) groups is 1. The minimum atomic E-state index is -0.411. The summed E-state index contributed by atoms with van der Waals surface area (Å²) in [6, 6.07) is 11.5. The van der Waals surface area contributed by atoms with E-state index in [1.54, 1.807) is 6.08 Å². The second-order valence-corrected chi connectivity index (χ2v) is 10.4. The molecule has 0 spiro atoms. The summed E-state index contributed by atoms with van der Waals surface area (Å²) in [6.07, 6.45) is 4.23. The first kappa shape index (κ1) is 24.4. The fourth-order valence-electron chi connectivity index (χ4n) is 5.13. The molecule has 5 rings (SSSR count). The van der Waals surface area contributed by atoms with Crippen LogP contribution in [0, 0.1) is 5.82 Å². The van der Waals surface area contributed by atoms with Gasteiger partial charge in [0.2, 0.25) is 0 Å². The molecule has 2 aliphatic rings. The molecule has 2 aliphatic heterocycles. The fraction of sp³-hybridized carbons (Fsp3) is 0.333. The number of carbonyl (C=O) groups excluding carboxylic acids is 2. The monoisotopic (exact) mass is 505 g/mol. The number of nitrogens with zero attached hydrogens (tertiary/aromatic N) is 4. The summed E-state index contributed by atoms with van der Waals surface area (Å²) in [5.41, 5.74) is 3.31. The molecule has 2 saturated heterocycles. The van der Waals surface area contributed by atoms with Gasteiger partial charge in [-0.3, -0.25) is 19.8 Å². The molecule has 2 fully saturated rings. The Morgan fingerprint density at radius 1 is 1.11 bits per heavy atom. The summed E-state index contributed by atoms with van der Waals surface area (Å²) >= 11 is 0.867. The standard InChI is InChI=1S/C27H28FN5O2S/c1-4-9-33-16(2)13-32(14-17(33)3)23-8-6-19(12-21(23)28)25-20-10-18(5-7-22(20)29-15-30-25)11-24-26(34)31-27(35)36-24/h5-8,10-12,15-17H,4,9,13-14H2,1-3H3,(H,31,34,35)/t16-,17+. The molecule has 2 atom stereocenters. The van der Waals surface area contributed by atoms with Crippen molar-refractivity contribution in [1.82, 2.24) is 20.2 Å². The number of amides is 2. The van der Waals surface area contributed by atoms with Crippen molar-refractivity contribution in [3.63, 3.8) is 0 Å². The minimum Gasteiger partial charge on any atom is -0.366 e. The second-order valence-electron chi connectivity index (χ2n) is 9.36. The third-order valence-corrected chi connectivity index (χ3v) is 7.55. The van der Waals surface area contributed by atoms with Gasteiger partial charge in [0.25, 0.3) is 11.1 Å². The highest BCUT2D eigenvalue weighted by molar-refractivity contribution is 8.18. The Balaban J connectivity index is 1.46. The second kappa shape index (κ2) is 9.99. The van der Waals surface area contributed by atoms with Crippen molar-refractivity contribution in [2.75, 3.05) is 24.5 Å². The molecule has 0 radical (unpaired) electrons. The van der Waals surface area contributed by atoms with Gasteiger partial charge in [-0.05, 0) is 74.5 Å². The van der Waals surface area contributed by atoms with E-state index in [4.69, 9.17) is 0 Å². The lowest BCUT2D eigenvalue weighted by molar-refractivity contribution is -0.115. The molecular weight excluding hydrogens is 477 g/mol. The van der Waals surface area contributed by atoms with Crippen LogP contribution in [0.1, 0.15) is 32.8 Å². The van der Waals surface area contributed by atoms with Crippen LogP contribution in [0.2, 0.25) is 0 Å². The van der Waals surface area contributed by atoms with Crippen LogP contribution in [0.3, 0.4) is 0 Å². The lowest BCUT2D eigenvalue weighted by Crippen LogP contribution is -2.57. The molecule has 186 valence electrons. The number of aromatic nitrogens is 2. The zero-order chi connectivity index (χ0) is 25.4. The predicted molar refractivity (Wildman–Crippen MR) is 142 cm³/mol. The Morgan fingerprint density at radius 2 is 1.89 bits per heavy atom. The molecule has 2 aromatic carbocycles. The summed E-state index contributed by atoms with van der Waals surface area (Å²) in [7, 11) is 0. The molecule has 3 aromatic rings. The number of carbonyl (C=O) groups is 2. The van der Waals surface area contributed by atoms with Gasteiger partial charge in [-0.2, -0.15) is 0 Å². The highest BCUT2D eigenvalue weighted by Crippen LogP contribution is 2.33. The summed E-state index contributed by atoms with van der Waals surface area (Å²) in [6.45, 7) is 9.21. The van der Waals surface area contributed by atoms with E-state index in [2.05, 4.69) is 45.9 Å². The number of benzene rings is 2. The molecule has 36 heavy (non-hydrogen) atoms. The molecule has 0 unspecified atom stereocenters.